The summed E-state index contributed by atoms with van der Waals surface area (Å²) in [5.74, 6) is -0.0947. The average molecular weight is 320 g/mol. The molecule has 1 aromatic carbocycles. The molecule has 0 aliphatic carbocycles. The Bertz CT molecular complexity index is 500. The van der Waals surface area contributed by atoms with Gasteiger partial charge in [0.05, 0.1) is 6.61 Å². The molecule has 0 amide bonds. The van der Waals surface area contributed by atoms with Crippen molar-refractivity contribution in [2.24, 2.45) is 0 Å². The van der Waals surface area contributed by atoms with Gasteiger partial charge in [0.15, 0.2) is 0 Å². The summed E-state index contributed by atoms with van der Waals surface area (Å²) in [5.41, 5.74) is 3.89. The van der Waals surface area contributed by atoms with Crippen LogP contribution in [-0.2, 0) is 9.53 Å². The highest BCUT2D eigenvalue weighted by Crippen LogP contribution is 2.26. The third-order valence-electron chi connectivity index (χ3n) is 4.31. The number of hydrogen-bond donors (Lipinski definition) is 0. The molecule has 1 unspecified atom stereocenters. The minimum Gasteiger partial charge on any atom is -0.466 e. The summed E-state index contributed by atoms with van der Waals surface area (Å²) in [6.45, 7) is 10.8. The van der Waals surface area contributed by atoms with E-state index < -0.39 is 0 Å². The van der Waals surface area contributed by atoms with E-state index in [9.17, 15) is 4.79 Å². The first-order chi connectivity index (χ1) is 10.9. The maximum Gasteiger partial charge on any atom is 0.305 e. The van der Waals surface area contributed by atoms with E-state index in [1.807, 2.05) is 6.92 Å². The highest BCUT2D eigenvalue weighted by atomic mass is 16.5. The van der Waals surface area contributed by atoms with Crippen molar-refractivity contribution >= 4 is 11.7 Å². The lowest BCUT2D eigenvalue weighted by Gasteiger charge is -2.29. The zero-order valence-corrected chi connectivity index (χ0v) is 15.6. The molecule has 1 atom stereocenters. The second kappa shape index (κ2) is 9.56. The van der Waals surface area contributed by atoms with Gasteiger partial charge in [-0.25, -0.2) is 0 Å². The summed E-state index contributed by atoms with van der Waals surface area (Å²) < 4.78 is 5.00. The van der Waals surface area contributed by atoms with Gasteiger partial charge in [0.2, 0.25) is 0 Å². The SMILES string of the molecule is CCOC(=O)CCCN(CC)C(C)c1ccc(N(C)C)cc1C. The lowest BCUT2D eigenvalue weighted by Crippen LogP contribution is -2.29. The zero-order valence-electron chi connectivity index (χ0n) is 15.6. The average Bonchev–Trinajstić information content (AvgIpc) is 2.51. The molecule has 0 radical (unpaired) electrons. The van der Waals surface area contributed by atoms with Crippen molar-refractivity contribution in [3.63, 3.8) is 0 Å². The number of ether oxygens (including phenoxy) is 1. The van der Waals surface area contributed by atoms with E-state index in [1.165, 1.54) is 16.8 Å². The van der Waals surface area contributed by atoms with Crippen LogP contribution in [0.1, 0.15) is 50.8 Å². The molecule has 1 aromatic rings. The first-order valence-corrected chi connectivity index (χ1v) is 8.58. The minimum absolute atomic E-state index is 0.0947. The Kier molecular flexibility index (Phi) is 8.10. The summed E-state index contributed by atoms with van der Waals surface area (Å²) >= 11 is 0. The Labute approximate surface area is 141 Å². The number of anilines is 1. The normalized spacial score (nSPS) is 12.3. The molecule has 0 saturated carbocycles. The smallest absolute Gasteiger partial charge is 0.305 e. The van der Waals surface area contributed by atoms with Gasteiger partial charge < -0.3 is 9.64 Å². The lowest BCUT2D eigenvalue weighted by atomic mass is 10.00. The standard InChI is InChI=1S/C19H32N2O2/c1-7-21(13-9-10-19(22)23-8-2)16(4)18-12-11-17(20(5)6)14-15(18)3/h11-12,14,16H,7-10,13H2,1-6H3. The summed E-state index contributed by atoms with van der Waals surface area (Å²) in [6, 6.07) is 6.98. The molecule has 0 N–H and O–H groups in total. The van der Waals surface area contributed by atoms with Crippen molar-refractivity contribution < 1.29 is 9.53 Å². The van der Waals surface area contributed by atoms with E-state index in [-0.39, 0.29) is 5.97 Å². The number of rotatable bonds is 9. The highest BCUT2D eigenvalue weighted by molar-refractivity contribution is 5.69. The van der Waals surface area contributed by atoms with Gasteiger partial charge >= 0.3 is 5.97 Å². The Morgan fingerprint density at radius 3 is 2.48 bits per heavy atom. The molecule has 23 heavy (non-hydrogen) atoms. The van der Waals surface area contributed by atoms with E-state index in [1.54, 1.807) is 0 Å². The van der Waals surface area contributed by atoms with Gasteiger partial charge in [0.1, 0.15) is 0 Å². The Morgan fingerprint density at radius 2 is 1.96 bits per heavy atom. The first-order valence-electron chi connectivity index (χ1n) is 8.58. The third kappa shape index (κ3) is 5.87. The molecular formula is C19H32N2O2. The highest BCUT2D eigenvalue weighted by Gasteiger charge is 2.17. The predicted octanol–water partition coefficient (Wildman–Crippen LogP) is 3.79. The van der Waals surface area contributed by atoms with Gasteiger partial charge in [0, 0.05) is 32.2 Å². The number of hydrogen-bond acceptors (Lipinski definition) is 4. The molecule has 130 valence electrons. The quantitative estimate of drug-likeness (QED) is 0.648. The predicted molar refractivity (Wildman–Crippen MR) is 97.0 cm³/mol. The van der Waals surface area contributed by atoms with Crippen molar-refractivity contribution in [1.29, 1.82) is 0 Å². The van der Waals surface area contributed by atoms with E-state index >= 15 is 0 Å². The number of aryl methyl sites for hydroxylation is 1. The lowest BCUT2D eigenvalue weighted by molar-refractivity contribution is -0.143. The van der Waals surface area contributed by atoms with Crippen LogP contribution < -0.4 is 4.90 Å². The van der Waals surface area contributed by atoms with Gasteiger partial charge in [-0.05, 0) is 63.5 Å². The Morgan fingerprint density at radius 1 is 1.26 bits per heavy atom. The largest absolute Gasteiger partial charge is 0.466 e. The van der Waals surface area contributed by atoms with Crippen LogP contribution in [0.25, 0.3) is 0 Å². The molecular weight excluding hydrogens is 288 g/mol. The second-order valence-electron chi connectivity index (χ2n) is 6.15. The summed E-state index contributed by atoms with van der Waals surface area (Å²) in [7, 11) is 4.12. The van der Waals surface area contributed by atoms with Crippen molar-refractivity contribution in [2.75, 3.05) is 38.7 Å². The summed E-state index contributed by atoms with van der Waals surface area (Å²) in [5, 5.41) is 0. The van der Waals surface area contributed by atoms with Gasteiger partial charge in [-0.3, -0.25) is 9.69 Å². The van der Waals surface area contributed by atoms with Crippen LogP contribution in [0.15, 0.2) is 18.2 Å². The maximum atomic E-state index is 11.5. The first kappa shape index (κ1) is 19.5. The third-order valence-corrected chi connectivity index (χ3v) is 4.31. The van der Waals surface area contributed by atoms with E-state index in [2.05, 4.69) is 62.9 Å². The van der Waals surface area contributed by atoms with E-state index in [0.717, 1.165) is 19.5 Å². The van der Waals surface area contributed by atoms with Crippen LogP contribution in [0, 0.1) is 6.92 Å². The van der Waals surface area contributed by atoms with Crippen molar-refractivity contribution in [3.8, 4) is 0 Å². The van der Waals surface area contributed by atoms with Gasteiger partial charge in [-0.1, -0.05) is 13.0 Å². The van der Waals surface area contributed by atoms with Gasteiger partial charge in [-0.2, -0.15) is 0 Å². The monoisotopic (exact) mass is 320 g/mol. The van der Waals surface area contributed by atoms with Crippen LogP contribution in [-0.4, -0.2) is 44.7 Å². The molecule has 0 spiro atoms. The molecule has 0 heterocycles. The number of benzene rings is 1. The number of nitrogens with zero attached hydrogens (tertiary/aromatic N) is 2. The fourth-order valence-electron chi connectivity index (χ4n) is 2.89. The fourth-order valence-corrected chi connectivity index (χ4v) is 2.89. The number of esters is 1. The van der Waals surface area contributed by atoms with E-state index in [4.69, 9.17) is 4.74 Å². The van der Waals surface area contributed by atoms with Crippen molar-refractivity contribution in [1.82, 2.24) is 4.90 Å². The molecule has 0 aromatic heterocycles. The maximum absolute atomic E-state index is 11.5. The zero-order chi connectivity index (χ0) is 17.4. The van der Waals surface area contributed by atoms with Gasteiger partial charge in [0.25, 0.3) is 0 Å². The molecule has 0 bridgehead atoms. The van der Waals surface area contributed by atoms with Crippen molar-refractivity contribution in [2.45, 2.75) is 46.6 Å². The molecule has 1 rings (SSSR count). The topological polar surface area (TPSA) is 32.8 Å². The summed E-state index contributed by atoms with van der Waals surface area (Å²) in [4.78, 5) is 16.0. The van der Waals surface area contributed by atoms with Crippen LogP contribution in [0.5, 0.6) is 0 Å². The molecule has 4 nitrogen and oxygen atoms in total. The van der Waals surface area contributed by atoms with Gasteiger partial charge in [-0.15, -0.1) is 0 Å². The van der Waals surface area contributed by atoms with Crippen LogP contribution in [0.3, 0.4) is 0 Å². The Hall–Kier alpha value is -1.55. The number of carbonyl (C=O) groups excluding carboxylic acids is 1. The minimum atomic E-state index is -0.0947. The molecule has 0 fully saturated rings. The molecule has 0 aliphatic heterocycles. The second-order valence-corrected chi connectivity index (χ2v) is 6.15. The molecule has 4 heteroatoms. The molecule has 0 saturated heterocycles. The van der Waals surface area contributed by atoms with E-state index in [0.29, 0.717) is 19.1 Å². The van der Waals surface area contributed by atoms with Crippen LogP contribution in [0.2, 0.25) is 0 Å². The Balaban J connectivity index is 2.69. The summed E-state index contributed by atoms with van der Waals surface area (Å²) in [6.07, 6.45) is 1.33. The fraction of sp³-hybridized carbons (Fsp3) is 0.632. The van der Waals surface area contributed by atoms with Crippen LogP contribution >= 0.6 is 0 Å². The van der Waals surface area contributed by atoms with Crippen LogP contribution in [0.4, 0.5) is 5.69 Å². The number of carbonyl (C=O) groups is 1. The van der Waals surface area contributed by atoms with Crippen molar-refractivity contribution in [3.05, 3.63) is 29.3 Å². The molecule has 0 aliphatic rings.